The van der Waals surface area contributed by atoms with Crippen LogP contribution in [-0.2, 0) is 10.3 Å². The van der Waals surface area contributed by atoms with Gasteiger partial charge in [-0.25, -0.2) is 0 Å². The van der Waals surface area contributed by atoms with E-state index in [0.717, 1.165) is 76.5 Å². The molecule has 35 heavy (non-hydrogen) atoms. The highest BCUT2D eigenvalue weighted by atomic mass is 16.5. The van der Waals surface area contributed by atoms with Crippen molar-refractivity contribution in [2.75, 3.05) is 39.5 Å². The molecule has 1 aliphatic heterocycles. The molecule has 1 aliphatic rings. The van der Waals surface area contributed by atoms with Gasteiger partial charge in [0.1, 0.15) is 5.75 Å². The summed E-state index contributed by atoms with van der Waals surface area (Å²) in [4.78, 5) is 2.45. The van der Waals surface area contributed by atoms with E-state index >= 15 is 0 Å². The molecule has 2 aromatic rings. The minimum Gasteiger partial charge on any atom is -0.494 e. The Morgan fingerprint density at radius 3 is 2.29 bits per heavy atom. The van der Waals surface area contributed by atoms with Crippen molar-refractivity contribution in [1.82, 2.24) is 4.90 Å². The molecule has 0 amide bonds. The first-order valence-corrected chi connectivity index (χ1v) is 13.8. The van der Waals surface area contributed by atoms with Crippen LogP contribution >= 0.6 is 0 Å². The topological polar surface area (TPSA) is 41.9 Å². The molecule has 1 saturated heterocycles. The molecule has 4 nitrogen and oxygen atoms in total. The summed E-state index contributed by atoms with van der Waals surface area (Å²) in [5, 5.41) is 12.5. The largest absolute Gasteiger partial charge is 0.494 e. The number of nitrogens with zero attached hydrogens (tertiary/aromatic N) is 1. The van der Waals surface area contributed by atoms with Crippen LogP contribution in [0.3, 0.4) is 0 Å². The second-order valence-corrected chi connectivity index (χ2v) is 10.5. The normalized spacial score (nSPS) is 17.3. The van der Waals surface area contributed by atoms with Crippen molar-refractivity contribution in [3.63, 3.8) is 0 Å². The van der Waals surface area contributed by atoms with Crippen LogP contribution in [0.1, 0.15) is 82.8 Å². The van der Waals surface area contributed by atoms with Crippen molar-refractivity contribution < 1.29 is 14.6 Å². The molecule has 0 radical (unpaired) electrons. The first-order valence-electron chi connectivity index (χ1n) is 13.8. The number of unbranched alkanes of at least 4 members (excludes halogenated alkanes) is 4. The maximum atomic E-state index is 12.5. The third-order valence-corrected chi connectivity index (χ3v) is 7.30. The molecular weight excluding hydrogens is 434 g/mol. The van der Waals surface area contributed by atoms with E-state index in [4.69, 9.17) is 9.47 Å². The zero-order valence-electron chi connectivity index (χ0n) is 22.3. The van der Waals surface area contributed by atoms with E-state index in [0.29, 0.717) is 5.92 Å². The van der Waals surface area contributed by atoms with Crippen LogP contribution in [0, 0.1) is 5.92 Å². The molecule has 0 aromatic heterocycles. The van der Waals surface area contributed by atoms with Gasteiger partial charge in [-0.1, -0.05) is 95.3 Å². The minimum atomic E-state index is -0.942. The van der Waals surface area contributed by atoms with Crippen LogP contribution in [0.15, 0.2) is 54.6 Å². The molecule has 0 saturated carbocycles. The average Bonchev–Trinajstić information content (AvgIpc) is 2.88. The third-order valence-electron chi connectivity index (χ3n) is 7.30. The fourth-order valence-corrected chi connectivity index (χ4v) is 5.03. The van der Waals surface area contributed by atoms with E-state index < -0.39 is 5.60 Å². The number of hydrogen-bond acceptors (Lipinski definition) is 4. The monoisotopic (exact) mass is 481 g/mol. The van der Waals surface area contributed by atoms with E-state index in [2.05, 4.69) is 68.1 Å². The molecule has 1 N–H and O–H groups in total. The summed E-state index contributed by atoms with van der Waals surface area (Å²) in [6.07, 6.45) is 7.70. The molecule has 1 fully saturated rings. The molecule has 1 heterocycles. The lowest BCUT2D eigenvalue weighted by Crippen LogP contribution is -2.45. The Bertz CT molecular complexity index is 817. The van der Waals surface area contributed by atoms with Crippen molar-refractivity contribution in [2.24, 2.45) is 5.92 Å². The fraction of sp³-hybridized carbons (Fsp3) is 0.613. The zero-order chi connectivity index (χ0) is 24.9. The molecule has 2 aromatic carbocycles. The maximum Gasteiger partial charge on any atom is 0.119 e. The van der Waals surface area contributed by atoms with Gasteiger partial charge in [0.15, 0.2) is 0 Å². The molecule has 0 aliphatic carbocycles. The Morgan fingerprint density at radius 2 is 1.63 bits per heavy atom. The number of hydrogen-bond donors (Lipinski definition) is 1. The number of ether oxygens (including phenoxy) is 2. The van der Waals surface area contributed by atoms with Crippen molar-refractivity contribution in [1.29, 1.82) is 0 Å². The Hall–Kier alpha value is -1.88. The lowest BCUT2D eigenvalue weighted by molar-refractivity contribution is -0.0296. The summed E-state index contributed by atoms with van der Waals surface area (Å²) in [6.45, 7) is 11.6. The predicted octanol–water partition coefficient (Wildman–Crippen LogP) is 6.78. The molecule has 0 unspecified atom stereocenters. The fourth-order valence-electron chi connectivity index (χ4n) is 5.03. The summed E-state index contributed by atoms with van der Waals surface area (Å²) in [6, 6.07) is 18.8. The Balaban J connectivity index is 1.86. The van der Waals surface area contributed by atoms with Crippen molar-refractivity contribution in [3.05, 3.63) is 65.7 Å². The van der Waals surface area contributed by atoms with Crippen molar-refractivity contribution in [3.8, 4) is 5.75 Å². The lowest BCUT2D eigenvalue weighted by atomic mass is 9.73. The maximum absolute atomic E-state index is 12.5. The molecule has 4 heteroatoms. The smallest absolute Gasteiger partial charge is 0.119 e. The van der Waals surface area contributed by atoms with Gasteiger partial charge in [0.05, 0.1) is 25.4 Å². The van der Waals surface area contributed by atoms with Crippen LogP contribution in [0.2, 0.25) is 0 Å². The highest BCUT2D eigenvalue weighted by Crippen LogP contribution is 2.42. The highest BCUT2D eigenvalue weighted by molar-refractivity contribution is 5.35. The quantitative estimate of drug-likeness (QED) is 0.285. The number of morpholine rings is 1. The third kappa shape index (κ3) is 8.63. The first kappa shape index (κ1) is 27.7. The van der Waals surface area contributed by atoms with Gasteiger partial charge in [-0.2, -0.15) is 0 Å². The second-order valence-electron chi connectivity index (χ2n) is 10.5. The SMILES string of the molecule is CCCCCCC[C@@](O)(c1ccc(OCCC(C)C)cc1)[C@H](CN1CCOCC1)c1ccccc1. The van der Waals surface area contributed by atoms with Crippen LogP contribution in [0.5, 0.6) is 5.75 Å². The van der Waals surface area contributed by atoms with E-state index in [9.17, 15) is 5.11 Å². The Labute approximate surface area is 213 Å². The summed E-state index contributed by atoms with van der Waals surface area (Å²) in [7, 11) is 0. The number of aliphatic hydroxyl groups is 1. The first-order chi connectivity index (χ1) is 17.0. The van der Waals surface area contributed by atoms with E-state index in [1.54, 1.807) is 0 Å². The van der Waals surface area contributed by atoms with Crippen LogP contribution in [0.4, 0.5) is 0 Å². The van der Waals surface area contributed by atoms with Gasteiger partial charge in [0.25, 0.3) is 0 Å². The van der Waals surface area contributed by atoms with Gasteiger partial charge in [0, 0.05) is 25.6 Å². The summed E-state index contributed by atoms with van der Waals surface area (Å²) in [5.74, 6) is 1.49. The number of rotatable bonds is 15. The van der Waals surface area contributed by atoms with E-state index in [-0.39, 0.29) is 5.92 Å². The zero-order valence-corrected chi connectivity index (χ0v) is 22.3. The molecule has 0 spiro atoms. The Kier molecular flexibility index (Phi) is 11.6. The van der Waals surface area contributed by atoms with Crippen LogP contribution in [0.25, 0.3) is 0 Å². The molecule has 3 rings (SSSR count). The van der Waals surface area contributed by atoms with E-state index in [1.807, 2.05) is 12.1 Å². The van der Waals surface area contributed by atoms with Gasteiger partial charge in [-0.15, -0.1) is 0 Å². The predicted molar refractivity (Wildman–Crippen MR) is 145 cm³/mol. The molecule has 0 bridgehead atoms. The average molecular weight is 482 g/mol. The summed E-state index contributed by atoms with van der Waals surface area (Å²) in [5.41, 5.74) is 1.25. The second kappa shape index (κ2) is 14.6. The number of benzene rings is 2. The molecular formula is C31H47NO3. The van der Waals surface area contributed by atoms with Gasteiger partial charge >= 0.3 is 0 Å². The summed E-state index contributed by atoms with van der Waals surface area (Å²) < 4.78 is 11.6. The Morgan fingerprint density at radius 1 is 0.943 bits per heavy atom. The standard InChI is InChI=1S/C31H47NO3/c1-4-5-6-7-11-19-31(33,28-14-16-29(17-15-28)35-22-18-26(2)3)30(27-12-9-8-10-13-27)25-32-20-23-34-24-21-32/h8-10,12-17,26,30,33H,4-7,11,18-25H2,1-3H3/t30-,31-/m1/s1. The van der Waals surface area contributed by atoms with Gasteiger partial charge in [-0.3, -0.25) is 4.90 Å². The molecule has 2 atom stereocenters. The van der Waals surface area contributed by atoms with Gasteiger partial charge in [0.2, 0.25) is 0 Å². The van der Waals surface area contributed by atoms with Gasteiger partial charge < -0.3 is 14.6 Å². The van der Waals surface area contributed by atoms with Crippen molar-refractivity contribution in [2.45, 2.75) is 77.2 Å². The van der Waals surface area contributed by atoms with Crippen LogP contribution < -0.4 is 4.74 Å². The van der Waals surface area contributed by atoms with Gasteiger partial charge in [-0.05, 0) is 42.0 Å². The lowest BCUT2D eigenvalue weighted by Gasteiger charge is -2.41. The summed E-state index contributed by atoms with van der Waals surface area (Å²) >= 11 is 0. The highest BCUT2D eigenvalue weighted by Gasteiger charge is 2.40. The minimum absolute atomic E-state index is 0.0133. The van der Waals surface area contributed by atoms with E-state index in [1.165, 1.54) is 24.8 Å². The van der Waals surface area contributed by atoms with Crippen molar-refractivity contribution >= 4 is 0 Å². The molecule has 194 valence electrons. The van der Waals surface area contributed by atoms with Crippen LogP contribution in [-0.4, -0.2) is 49.5 Å².